The minimum atomic E-state index is 0.213. The molecule has 4 rings (SSSR count). The predicted octanol–water partition coefficient (Wildman–Crippen LogP) is 2.26. The fourth-order valence-electron chi connectivity index (χ4n) is 3.73. The highest BCUT2D eigenvalue weighted by atomic mass is 32.1. The van der Waals surface area contributed by atoms with Crippen LogP contribution < -0.4 is 19.7 Å². The minimum Gasteiger partial charge on any atom is -0.454 e. The number of benzene rings is 1. The van der Waals surface area contributed by atoms with Gasteiger partial charge in [0.2, 0.25) is 6.79 Å². The molecule has 0 spiro atoms. The smallest absolute Gasteiger partial charge is 0.231 e. The molecule has 0 amide bonds. The van der Waals surface area contributed by atoms with Gasteiger partial charge in [-0.1, -0.05) is 0 Å². The van der Waals surface area contributed by atoms with Crippen molar-refractivity contribution in [3.63, 3.8) is 0 Å². The highest BCUT2D eigenvalue weighted by Gasteiger charge is 2.22. The van der Waals surface area contributed by atoms with Crippen LogP contribution in [0.25, 0.3) is 10.9 Å². The summed E-state index contributed by atoms with van der Waals surface area (Å²) in [6.45, 7) is 4.95. The fourth-order valence-corrected chi connectivity index (χ4v) is 4.02. The Bertz CT molecular complexity index is 977. The number of rotatable bonds is 5. The zero-order valence-corrected chi connectivity index (χ0v) is 17.8. The number of hydrogen-bond donors (Lipinski definition) is 1. The van der Waals surface area contributed by atoms with Crippen molar-refractivity contribution in [2.24, 2.45) is 0 Å². The molecule has 9 heteroatoms. The molecule has 1 aromatic carbocycles. The number of anilines is 1. The molecule has 2 aromatic rings. The van der Waals surface area contributed by atoms with Gasteiger partial charge >= 0.3 is 0 Å². The lowest BCUT2D eigenvalue weighted by Crippen LogP contribution is -2.42. The molecule has 0 aliphatic carbocycles. The van der Waals surface area contributed by atoms with E-state index in [0.717, 1.165) is 61.6 Å². The van der Waals surface area contributed by atoms with Gasteiger partial charge in [0.15, 0.2) is 16.6 Å². The molecule has 1 N–H and O–H groups in total. The number of pyridine rings is 1. The molecule has 0 unspecified atom stereocenters. The maximum Gasteiger partial charge on any atom is 0.231 e. The van der Waals surface area contributed by atoms with Crippen LogP contribution in [0.3, 0.4) is 0 Å². The minimum absolute atomic E-state index is 0.213. The van der Waals surface area contributed by atoms with E-state index in [2.05, 4.69) is 21.2 Å². The predicted molar refractivity (Wildman–Crippen MR) is 118 cm³/mol. The molecule has 30 heavy (non-hydrogen) atoms. The van der Waals surface area contributed by atoms with Crippen molar-refractivity contribution in [2.75, 3.05) is 58.1 Å². The average Bonchev–Trinajstić information content (AvgIpc) is 3.07. The molecule has 3 heterocycles. The number of thiocarbonyl (C=S) groups is 1. The second kappa shape index (κ2) is 9.32. The van der Waals surface area contributed by atoms with Crippen LogP contribution in [-0.2, 0) is 4.74 Å². The van der Waals surface area contributed by atoms with E-state index >= 15 is 0 Å². The second-order valence-electron chi connectivity index (χ2n) is 7.28. The van der Waals surface area contributed by atoms with Crippen molar-refractivity contribution >= 4 is 34.1 Å². The Morgan fingerprint density at radius 3 is 2.87 bits per heavy atom. The van der Waals surface area contributed by atoms with Crippen molar-refractivity contribution < 1.29 is 14.2 Å². The Hall–Kier alpha value is -2.83. The van der Waals surface area contributed by atoms with Crippen molar-refractivity contribution in [1.29, 1.82) is 5.26 Å². The topological polar surface area (TPSA) is 82.9 Å². The zero-order chi connectivity index (χ0) is 20.9. The van der Waals surface area contributed by atoms with Gasteiger partial charge in [-0.2, -0.15) is 5.26 Å². The third-order valence-corrected chi connectivity index (χ3v) is 5.70. The Morgan fingerprint density at radius 2 is 2.07 bits per heavy atom. The number of methoxy groups -OCH3 is 1. The molecule has 1 fully saturated rings. The molecular formula is C21H25N5O3S. The maximum atomic E-state index is 9.73. The van der Waals surface area contributed by atoms with Crippen LogP contribution in [0.2, 0.25) is 0 Å². The first kappa shape index (κ1) is 20.4. The number of hydrogen-bond acceptors (Lipinski definition) is 7. The van der Waals surface area contributed by atoms with E-state index in [-0.39, 0.29) is 6.79 Å². The first-order chi connectivity index (χ1) is 14.7. The van der Waals surface area contributed by atoms with E-state index in [9.17, 15) is 5.26 Å². The second-order valence-corrected chi connectivity index (χ2v) is 7.66. The summed E-state index contributed by atoms with van der Waals surface area (Å²) < 4.78 is 16.0. The van der Waals surface area contributed by atoms with Crippen LogP contribution in [0.15, 0.2) is 18.2 Å². The molecule has 158 valence electrons. The van der Waals surface area contributed by atoms with Gasteiger partial charge < -0.3 is 29.3 Å². The van der Waals surface area contributed by atoms with E-state index in [1.165, 1.54) is 0 Å². The molecule has 2 aliphatic rings. The number of fused-ring (bicyclic) bond motifs is 2. The Kier molecular flexibility index (Phi) is 6.35. The Morgan fingerprint density at radius 1 is 1.23 bits per heavy atom. The van der Waals surface area contributed by atoms with E-state index in [4.69, 9.17) is 31.4 Å². The summed E-state index contributed by atoms with van der Waals surface area (Å²) in [6.07, 6.45) is 1.85. The molecule has 1 saturated heterocycles. The highest BCUT2D eigenvalue weighted by Crippen LogP contribution is 2.37. The summed E-state index contributed by atoms with van der Waals surface area (Å²) in [4.78, 5) is 9.18. The zero-order valence-electron chi connectivity index (χ0n) is 17.0. The third-order valence-electron chi connectivity index (χ3n) is 5.29. The van der Waals surface area contributed by atoms with Gasteiger partial charge in [0.25, 0.3) is 0 Å². The summed E-state index contributed by atoms with van der Waals surface area (Å²) in [5, 5.41) is 14.7. The van der Waals surface area contributed by atoms with Crippen molar-refractivity contribution in [1.82, 2.24) is 15.2 Å². The standard InChI is InChI=1S/C21H25N5O3S/c1-27-9-2-4-23-21(30)26-6-3-5-25(7-8-26)20-16(13-22)10-15-11-18-19(29-14-28-18)12-17(15)24-20/h10-12H,2-9,14H2,1H3,(H,23,30). The quantitative estimate of drug-likeness (QED) is 0.571. The summed E-state index contributed by atoms with van der Waals surface area (Å²) in [6, 6.07) is 7.95. The van der Waals surface area contributed by atoms with Crippen molar-refractivity contribution in [3.8, 4) is 17.6 Å². The summed E-state index contributed by atoms with van der Waals surface area (Å²) >= 11 is 5.56. The van der Waals surface area contributed by atoms with E-state index in [1.54, 1.807) is 7.11 Å². The van der Waals surface area contributed by atoms with Gasteiger partial charge in [0.1, 0.15) is 11.9 Å². The first-order valence-electron chi connectivity index (χ1n) is 10.1. The lowest BCUT2D eigenvalue weighted by Gasteiger charge is -2.25. The lowest BCUT2D eigenvalue weighted by molar-refractivity contribution is 0.174. The van der Waals surface area contributed by atoms with E-state index < -0.39 is 0 Å². The monoisotopic (exact) mass is 427 g/mol. The van der Waals surface area contributed by atoms with Gasteiger partial charge in [0, 0.05) is 57.9 Å². The van der Waals surface area contributed by atoms with Crippen molar-refractivity contribution in [3.05, 3.63) is 23.8 Å². The number of nitrogens with zero attached hydrogens (tertiary/aromatic N) is 4. The molecule has 0 bridgehead atoms. The van der Waals surface area contributed by atoms with Gasteiger partial charge in [-0.15, -0.1) is 0 Å². The highest BCUT2D eigenvalue weighted by molar-refractivity contribution is 7.80. The summed E-state index contributed by atoms with van der Waals surface area (Å²) in [5.74, 6) is 2.10. The molecule has 0 atom stereocenters. The van der Waals surface area contributed by atoms with Gasteiger partial charge in [0.05, 0.1) is 11.1 Å². The van der Waals surface area contributed by atoms with Crippen LogP contribution in [0, 0.1) is 11.3 Å². The van der Waals surface area contributed by atoms with Crippen LogP contribution in [0.5, 0.6) is 11.5 Å². The van der Waals surface area contributed by atoms with E-state index in [0.29, 0.717) is 29.5 Å². The van der Waals surface area contributed by atoms with Gasteiger partial charge in [-0.05, 0) is 37.2 Å². The molecule has 0 radical (unpaired) electrons. The largest absolute Gasteiger partial charge is 0.454 e. The molecule has 8 nitrogen and oxygen atoms in total. The van der Waals surface area contributed by atoms with Crippen LogP contribution in [0.1, 0.15) is 18.4 Å². The fraction of sp³-hybridized carbons (Fsp3) is 0.476. The average molecular weight is 428 g/mol. The Balaban J connectivity index is 1.49. The molecule has 0 saturated carbocycles. The van der Waals surface area contributed by atoms with E-state index in [1.807, 2.05) is 18.2 Å². The summed E-state index contributed by atoms with van der Waals surface area (Å²) in [7, 11) is 1.70. The molecule has 2 aliphatic heterocycles. The van der Waals surface area contributed by atoms with Crippen LogP contribution in [-0.4, -0.2) is 68.2 Å². The van der Waals surface area contributed by atoms with Crippen molar-refractivity contribution in [2.45, 2.75) is 12.8 Å². The maximum absolute atomic E-state index is 9.73. The summed E-state index contributed by atoms with van der Waals surface area (Å²) in [5.41, 5.74) is 1.36. The van der Waals surface area contributed by atoms with Crippen LogP contribution in [0.4, 0.5) is 5.82 Å². The number of nitrogens with one attached hydrogen (secondary N) is 1. The lowest BCUT2D eigenvalue weighted by atomic mass is 10.1. The van der Waals surface area contributed by atoms with Gasteiger partial charge in [-0.25, -0.2) is 4.98 Å². The normalized spacial score (nSPS) is 15.7. The number of ether oxygens (including phenoxy) is 3. The molecular weight excluding hydrogens is 402 g/mol. The number of nitriles is 1. The Labute approximate surface area is 181 Å². The molecule has 1 aromatic heterocycles. The number of aromatic nitrogens is 1. The third kappa shape index (κ3) is 4.35. The van der Waals surface area contributed by atoms with Gasteiger partial charge in [-0.3, -0.25) is 0 Å². The van der Waals surface area contributed by atoms with Crippen LogP contribution >= 0.6 is 12.2 Å². The first-order valence-corrected chi connectivity index (χ1v) is 10.5. The SMILES string of the molecule is COCCCNC(=S)N1CCCN(c2nc3cc4c(cc3cc2C#N)OCO4)CC1.